The maximum absolute atomic E-state index is 9.28. The second-order valence-corrected chi connectivity index (χ2v) is 3.58. The van der Waals surface area contributed by atoms with Gasteiger partial charge in [0.05, 0.1) is 16.3 Å². The highest BCUT2D eigenvalue weighted by Gasteiger charge is 2.09. The summed E-state index contributed by atoms with van der Waals surface area (Å²) in [4.78, 5) is 0. The minimum absolute atomic E-state index is 0.0352. The highest BCUT2D eigenvalue weighted by atomic mass is 35.5. The van der Waals surface area contributed by atoms with Crippen molar-refractivity contribution >= 4 is 23.2 Å². The van der Waals surface area contributed by atoms with Crippen molar-refractivity contribution in [2.45, 2.75) is 0 Å². The van der Waals surface area contributed by atoms with Gasteiger partial charge in [0.15, 0.2) is 0 Å². The van der Waals surface area contributed by atoms with Crippen LogP contribution in [0.5, 0.6) is 5.75 Å². The molecule has 0 amide bonds. The predicted molar refractivity (Wildman–Crippen MR) is 55.8 cm³/mol. The van der Waals surface area contributed by atoms with E-state index in [-0.39, 0.29) is 10.8 Å². The standard InChI is InChI=1S/C10H6Cl2O2/c11-7-5-9(13)8(12)4-6(7)10-2-1-3-14-10/h1-5,13H. The van der Waals surface area contributed by atoms with Gasteiger partial charge in [0.25, 0.3) is 0 Å². The van der Waals surface area contributed by atoms with Crippen LogP contribution in [-0.2, 0) is 0 Å². The first-order chi connectivity index (χ1) is 6.68. The molecule has 72 valence electrons. The fraction of sp³-hybridized carbons (Fsp3) is 0. The van der Waals surface area contributed by atoms with E-state index in [1.807, 2.05) is 0 Å². The smallest absolute Gasteiger partial charge is 0.135 e. The summed E-state index contributed by atoms with van der Waals surface area (Å²) in [6.07, 6.45) is 1.55. The molecule has 2 rings (SSSR count). The zero-order valence-corrected chi connectivity index (χ0v) is 8.51. The minimum Gasteiger partial charge on any atom is -0.506 e. The van der Waals surface area contributed by atoms with Gasteiger partial charge in [-0.3, -0.25) is 0 Å². The summed E-state index contributed by atoms with van der Waals surface area (Å²) in [5.41, 5.74) is 0.666. The fourth-order valence-corrected chi connectivity index (χ4v) is 1.57. The van der Waals surface area contributed by atoms with Crippen molar-refractivity contribution in [3.05, 3.63) is 40.6 Å². The molecule has 0 saturated carbocycles. The van der Waals surface area contributed by atoms with E-state index in [1.165, 1.54) is 6.07 Å². The molecule has 0 unspecified atom stereocenters. The summed E-state index contributed by atoms with van der Waals surface area (Å²) in [6.45, 7) is 0. The van der Waals surface area contributed by atoms with Crippen LogP contribution >= 0.6 is 23.2 Å². The van der Waals surface area contributed by atoms with E-state index < -0.39 is 0 Å². The molecule has 14 heavy (non-hydrogen) atoms. The molecule has 0 aliphatic heterocycles. The Balaban J connectivity index is 2.60. The van der Waals surface area contributed by atoms with Gasteiger partial charge in [0.2, 0.25) is 0 Å². The molecule has 0 spiro atoms. The van der Waals surface area contributed by atoms with Gasteiger partial charge in [0.1, 0.15) is 11.5 Å². The van der Waals surface area contributed by atoms with Crippen molar-refractivity contribution < 1.29 is 9.52 Å². The average Bonchev–Trinajstić information content (AvgIpc) is 2.64. The highest BCUT2D eigenvalue weighted by molar-refractivity contribution is 6.36. The van der Waals surface area contributed by atoms with Crippen LogP contribution in [0.3, 0.4) is 0 Å². The average molecular weight is 229 g/mol. The predicted octanol–water partition coefficient (Wildman–Crippen LogP) is 3.96. The molecular weight excluding hydrogens is 223 g/mol. The third-order valence-electron chi connectivity index (χ3n) is 1.82. The zero-order chi connectivity index (χ0) is 10.1. The Bertz CT molecular complexity index is 449. The largest absolute Gasteiger partial charge is 0.506 e. The normalized spacial score (nSPS) is 10.4. The summed E-state index contributed by atoms with van der Waals surface area (Å²) in [5, 5.41) is 9.93. The number of benzene rings is 1. The lowest BCUT2D eigenvalue weighted by atomic mass is 10.1. The summed E-state index contributed by atoms with van der Waals surface area (Å²) in [5.74, 6) is 0.587. The van der Waals surface area contributed by atoms with Gasteiger partial charge >= 0.3 is 0 Å². The Morgan fingerprint density at radius 2 is 1.93 bits per heavy atom. The molecular formula is C10H6Cl2O2. The van der Waals surface area contributed by atoms with E-state index in [2.05, 4.69) is 0 Å². The molecule has 0 atom stereocenters. The first-order valence-electron chi connectivity index (χ1n) is 3.90. The van der Waals surface area contributed by atoms with Gasteiger partial charge in [-0.1, -0.05) is 23.2 Å². The maximum Gasteiger partial charge on any atom is 0.135 e. The number of aromatic hydroxyl groups is 1. The minimum atomic E-state index is -0.0352. The van der Waals surface area contributed by atoms with Crippen LogP contribution in [0.25, 0.3) is 11.3 Å². The lowest BCUT2D eigenvalue weighted by Crippen LogP contribution is -1.77. The topological polar surface area (TPSA) is 33.4 Å². The molecule has 2 nitrogen and oxygen atoms in total. The van der Waals surface area contributed by atoms with Crippen LogP contribution < -0.4 is 0 Å². The molecule has 0 aliphatic rings. The van der Waals surface area contributed by atoms with E-state index in [1.54, 1.807) is 24.5 Å². The van der Waals surface area contributed by atoms with Crippen molar-refractivity contribution in [1.82, 2.24) is 0 Å². The second kappa shape index (κ2) is 3.56. The number of hydrogen-bond donors (Lipinski definition) is 1. The van der Waals surface area contributed by atoms with E-state index in [0.29, 0.717) is 16.3 Å². The lowest BCUT2D eigenvalue weighted by molar-refractivity contribution is 0.475. The quantitative estimate of drug-likeness (QED) is 0.802. The first kappa shape index (κ1) is 9.44. The molecule has 0 fully saturated rings. The molecule has 1 heterocycles. The zero-order valence-electron chi connectivity index (χ0n) is 7.00. The van der Waals surface area contributed by atoms with Crippen LogP contribution in [0, 0.1) is 0 Å². The van der Waals surface area contributed by atoms with Gasteiger partial charge in [-0.25, -0.2) is 0 Å². The van der Waals surface area contributed by atoms with E-state index in [4.69, 9.17) is 27.6 Å². The summed E-state index contributed by atoms with van der Waals surface area (Å²) < 4.78 is 5.17. The number of phenolic OH excluding ortho intramolecular Hbond substituents is 1. The summed E-state index contributed by atoms with van der Waals surface area (Å²) in [7, 11) is 0. The van der Waals surface area contributed by atoms with E-state index in [0.717, 1.165) is 0 Å². The Hall–Kier alpha value is -1.12. The van der Waals surface area contributed by atoms with Crippen LogP contribution in [0.2, 0.25) is 10.0 Å². The number of phenols is 1. The van der Waals surface area contributed by atoms with Gasteiger partial charge in [-0.2, -0.15) is 0 Å². The third-order valence-corrected chi connectivity index (χ3v) is 2.44. The number of halogens is 2. The van der Waals surface area contributed by atoms with Crippen LogP contribution in [0.4, 0.5) is 0 Å². The van der Waals surface area contributed by atoms with Gasteiger partial charge in [0, 0.05) is 11.6 Å². The van der Waals surface area contributed by atoms with E-state index in [9.17, 15) is 5.11 Å². The Morgan fingerprint density at radius 1 is 1.14 bits per heavy atom. The fourth-order valence-electron chi connectivity index (χ4n) is 1.16. The van der Waals surface area contributed by atoms with Crippen LogP contribution in [-0.4, -0.2) is 5.11 Å². The van der Waals surface area contributed by atoms with Gasteiger partial charge in [-0.15, -0.1) is 0 Å². The van der Waals surface area contributed by atoms with E-state index >= 15 is 0 Å². The molecule has 0 saturated heterocycles. The van der Waals surface area contributed by atoms with Crippen molar-refractivity contribution in [1.29, 1.82) is 0 Å². The molecule has 0 radical (unpaired) electrons. The molecule has 1 aromatic carbocycles. The van der Waals surface area contributed by atoms with Crippen molar-refractivity contribution in [2.75, 3.05) is 0 Å². The number of rotatable bonds is 1. The Morgan fingerprint density at radius 3 is 2.57 bits per heavy atom. The third kappa shape index (κ3) is 1.59. The highest BCUT2D eigenvalue weighted by Crippen LogP contribution is 2.35. The molecule has 4 heteroatoms. The van der Waals surface area contributed by atoms with Crippen molar-refractivity contribution in [2.24, 2.45) is 0 Å². The second-order valence-electron chi connectivity index (χ2n) is 2.76. The Kier molecular flexibility index (Phi) is 2.40. The van der Waals surface area contributed by atoms with Crippen LogP contribution in [0.15, 0.2) is 34.9 Å². The molecule has 2 aromatic rings. The number of furan rings is 1. The lowest BCUT2D eigenvalue weighted by Gasteiger charge is -2.03. The van der Waals surface area contributed by atoms with Crippen LogP contribution in [0.1, 0.15) is 0 Å². The molecule has 0 bridgehead atoms. The SMILES string of the molecule is Oc1cc(Cl)c(-c2ccco2)cc1Cl. The van der Waals surface area contributed by atoms with Crippen molar-refractivity contribution in [3.8, 4) is 17.1 Å². The first-order valence-corrected chi connectivity index (χ1v) is 4.66. The summed E-state index contributed by atoms with van der Waals surface area (Å²) in [6, 6.07) is 6.49. The number of hydrogen-bond acceptors (Lipinski definition) is 2. The molecule has 1 aromatic heterocycles. The summed E-state index contributed by atoms with van der Waals surface area (Å²) >= 11 is 11.7. The maximum atomic E-state index is 9.28. The monoisotopic (exact) mass is 228 g/mol. The van der Waals surface area contributed by atoms with Crippen molar-refractivity contribution in [3.63, 3.8) is 0 Å². The molecule has 0 aliphatic carbocycles. The van der Waals surface area contributed by atoms with Gasteiger partial charge in [-0.05, 0) is 18.2 Å². The molecule has 1 N–H and O–H groups in total. The van der Waals surface area contributed by atoms with Gasteiger partial charge < -0.3 is 9.52 Å². The Labute approximate surface area is 90.7 Å².